The Morgan fingerprint density at radius 2 is 1.11 bits per heavy atom. The number of unbranched alkanes of at least 4 members (excludes halogenated alkanes) is 5. The maximum absolute atomic E-state index is 4.61. The zero-order valence-electron chi connectivity index (χ0n) is 33.8. The lowest BCUT2D eigenvalue weighted by Crippen LogP contribution is -1.90. The number of nitrogens with two attached hydrogens (primary N) is 1. The Bertz CT molecular complexity index is 1060. The molecule has 0 atom stereocenters. The third-order valence-corrected chi connectivity index (χ3v) is 7.20. The second-order valence-corrected chi connectivity index (χ2v) is 12.4. The molecule has 47 heavy (non-hydrogen) atoms. The van der Waals surface area contributed by atoms with Crippen molar-refractivity contribution in [2.45, 2.75) is 161 Å². The molecule has 1 nitrogen and oxygen atoms in total. The van der Waals surface area contributed by atoms with E-state index >= 15 is 0 Å². The molecule has 0 heterocycles. The SMILES string of the molecule is C=C(C)CCCC.C=C(C)c1ccc(C)c(C2=CC=C(C)C2)c1.C=CN.CCCC.CCCC.CCCCC.Cc1ccccc1C. The molecule has 0 saturated carbocycles. The first-order chi connectivity index (χ1) is 22.3. The summed E-state index contributed by atoms with van der Waals surface area (Å²) in [5.74, 6) is 0. The average molecular weight is 646 g/mol. The van der Waals surface area contributed by atoms with Crippen molar-refractivity contribution in [1.82, 2.24) is 0 Å². The quantitative estimate of drug-likeness (QED) is 0.270. The lowest BCUT2D eigenvalue weighted by Gasteiger charge is -2.10. The summed E-state index contributed by atoms with van der Waals surface area (Å²) in [4.78, 5) is 0. The predicted octanol–water partition coefficient (Wildman–Crippen LogP) is 15.7. The minimum absolute atomic E-state index is 1.08. The number of rotatable bonds is 9. The molecule has 2 aromatic carbocycles. The van der Waals surface area contributed by atoms with Crippen molar-refractivity contribution in [3.05, 3.63) is 120 Å². The summed E-state index contributed by atoms with van der Waals surface area (Å²) in [6, 6.07) is 15.0. The van der Waals surface area contributed by atoms with Crippen molar-refractivity contribution in [2.75, 3.05) is 0 Å². The van der Waals surface area contributed by atoms with Crippen LogP contribution in [0.15, 0.2) is 91.7 Å². The summed E-state index contributed by atoms with van der Waals surface area (Å²) < 4.78 is 0. The molecule has 0 radical (unpaired) electrons. The van der Waals surface area contributed by atoms with Crippen LogP contribution in [0.3, 0.4) is 0 Å². The maximum atomic E-state index is 4.61. The summed E-state index contributed by atoms with van der Waals surface area (Å²) in [5, 5.41) is 0. The van der Waals surface area contributed by atoms with Crippen LogP contribution in [0.1, 0.15) is 168 Å². The Kier molecular flexibility index (Phi) is 40.4. The summed E-state index contributed by atoms with van der Waals surface area (Å²) in [5.41, 5.74) is 16.6. The van der Waals surface area contributed by atoms with E-state index in [2.05, 4.69) is 170 Å². The zero-order chi connectivity index (χ0) is 37.0. The number of allylic oxidation sites excluding steroid dienone is 6. The third-order valence-electron chi connectivity index (χ3n) is 7.20. The monoisotopic (exact) mass is 646 g/mol. The van der Waals surface area contributed by atoms with E-state index in [9.17, 15) is 0 Å². The fraction of sp³-hybridized carbons (Fsp3) is 0.522. The fourth-order valence-electron chi connectivity index (χ4n) is 3.57. The molecular weight excluding hydrogens is 567 g/mol. The van der Waals surface area contributed by atoms with E-state index in [0.29, 0.717) is 0 Å². The molecule has 0 bridgehead atoms. The van der Waals surface area contributed by atoms with E-state index in [1.807, 2.05) is 0 Å². The molecular formula is C46H79N. The summed E-state index contributed by atoms with van der Waals surface area (Å²) in [7, 11) is 0. The fourth-order valence-corrected chi connectivity index (χ4v) is 3.57. The van der Waals surface area contributed by atoms with Gasteiger partial charge in [-0.2, -0.15) is 0 Å². The van der Waals surface area contributed by atoms with Gasteiger partial charge in [0, 0.05) is 0 Å². The minimum atomic E-state index is 1.08. The average Bonchev–Trinajstić information content (AvgIpc) is 3.49. The van der Waals surface area contributed by atoms with Crippen LogP contribution in [0.2, 0.25) is 0 Å². The number of hydrogen-bond donors (Lipinski definition) is 1. The number of benzene rings is 2. The predicted molar refractivity (Wildman–Crippen MR) is 223 cm³/mol. The van der Waals surface area contributed by atoms with E-state index in [4.69, 9.17) is 0 Å². The van der Waals surface area contributed by atoms with Crippen LogP contribution >= 0.6 is 0 Å². The van der Waals surface area contributed by atoms with Crippen molar-refractivity contribution < 1.29 is 0 Å². The van der Waals surface area contributed by atoms with Crippen molar-refractivity contribution >= 4 is 11.1 Å². The summed E-state index contributed by atoms with van der Waals surface area (Å²) in [6.07, 6.45) is 19.9. The van der Waals surface area contributed by atoms with E-state index < -0.39 is 0 Å². The summed E-state index contributed by atoms with van der Waals surface area (Å²) >= 11 is 0. The van der Waals surface area contributed by atoms with Gasteiger partial charge in [0.2, 0.25) is 0 Å². The standard InChI is InChI=1S/C16H18.C8H10.C7H14.C5H12.2C4H10.C2H5N/c1-11(2)14-8-6-13(4)16(10-14)15-7-5-12(3)9-15;1-7-5-3-4-6-8(7)2;1-4-5-6-7(2)3;1-3-5-4-2;2*1-3-4-2;1-2-3/h5-8,10H,1,9H2,2-4H3;3-6H,1-2H3;2,4-6H2,1,3H3;3-5H2,1-2H3;2*3-4H2,1-2H3;2H,1,3H2. The first kappa shape index (κ1) is 50.8. The lowest BCUT2D eigenvalue weighted by molar-refractivity contribution is 0.772. The van der Waals surface area contributed by atoms with E-state index in [1.54, 1.807) is 0 Å². The maximum Gasteiger partial charge on any atom is -0.00607 e. The van der Waals surface area contributed by atoms with Gasteiger partial charge in [-0.15, -0.1) is 6.58 Å². The Labute approximate surface area is 296 Å². The number of aryl methyl sites for hydroxylation is 3. The van der Waals surface area contributed by atoms with Crippen molar-refractivity contribution in [1.29, 1.82) is 0 Å². The molecule has 0 saturated heterocycles. The largest absolute Gasteiger partial charge is 0.405 e. The molecule has 2 N–H and O–H groups in total. The van der Waals surface area contributed by atoms with E-state index in [1.165, 1.54) is 115 Å². The molecule has 0 amide bonds. The highest BCUT2D eigenvalue weighted by molar-refractivity contribution is 5.77. The normalized spacial score (nSPS) is 10.3. The highest BCUT2D eigenvalue weighted by atomic mass is 14.5. The molecule has 0 aromatic heterocycles. The van der Waals surface area contributed by atoms with Crippen molar-refractivity contribution in [3.8, 4) is 0 Å². The van der Waals surface area contributed by atoms with Crippen LogP contribution in [0.5, 0.6) is 0 Å². The highest BCUT2D eigenvalue weighted by Crippen LogP contribution is 2.31. The second-order valence-electron chi connectivity index (χ2n) is 12.4. The lowest BCUT2D eigenvalue weighted by atomic mass is 9.95. The van der Waals surface area contributed by atoms with Gasteiger partial charge in [0.05, 0.1) is 0 Å². The Hall–Kier alpha value is -3.06. The van der Waals surface area contributed by atoms with Gasteiger partial charge in [0.1, 0.15) is 0 Å². The van der Waals surface area contributed by atoms with Crippen LogP contribution in [-0.2, 0) is 0 Å². The topological polar surface area (TPSA) is 26.0 Å². The van der Waals surface area contributed by atoms with Crippen LogP contribution in [-0.4, -0.2) is 0 Å². The molecule has 0 fully saturated rings. The van der Waals surface area contributed by atoms with Gasteiger partial charge < -0.3 is 5.73 Å². The molecule has 0 unspecified atom stereocenters. The first-order valence-corrected chi connectivity index (χ1v) is 18.4. The van der Waals surface area contributed by atoms with Crippen LogP contribution in [0, 0.1) is 20.8 Å². The van der Waals surface area contributed by atoms with Gasteiger partial charge in [0.25, 0.3) is 0 Å². The van der Waals surface area contributed by atoms with Crippen LogP contribution in [0.25, 0.3) is 11.1 Å². The van der Waals surface area contributed by atoms with Crippen LogP contribution < -0.4 is 5.73 Å². The smallest absolute Gasteiger partial charge is 0.00607 e. The van der Waals surface area contributed by atoms with Gasteiger partial charge in [0.15, 0.2) is 0 Å². The first-order valence-electron chi connectivity index (χ1n) is 18.4. The van der Waals surface area contributed by atoms with Gasteiger partial charge in [-0.3, -0.25) is 0 Å². The van der Waals surface area contributed by atoms with Gasteiger partial charge in [-0.1, -0.05) is 178 Å². The Balaban J connectivity index is -0.000000255. The Morgan fingerprint density at radius 3 is 1.36 bits per heavy atom. The molecule has 0 spiro atoms. The summed E-state index contributed by atoms with van der Waals surface area (Å²) in [6.45, 7) is 39.0. The van der Waals surface area contributed by atoms with E-state index in [0.717, 1.165) is 12.0 Å². The molecule has 2 aromatic rings. The zero-order valence-corrected chi connectivity index (χ0v) is 33.8. The van der Waals surface area contributed by atoms with Gasteiger partial charge >= 0.3 is 0 Å². The Morgan fingerprint density at radius 1 is 0.660 bits per heavy atom. The molecule has 1 aliphatic carbocycles. The van der Waals surface area contributed by atoms with Gasteiger partial charge in [-0.05, 0) is 106 Å². The minimum Gasteiger partial charge on any atom is -0.405 e. The third kappa shape index (κ3) is 34.1. The second kappa shape index (κ2) is 37.4. The van der Waals surface area contributed by atoms with E-state index in [-0.39, 0.29) is 0 Å². The van der Waals surface area contributed by atoms with Gasteiger partial charge in [-0.25, -0.2) is 0 Å². The molecule has 268 valence electrons. The molecule has 1 heteroatoms. The van der Waals surface area contributed by atoms with Crippen molar-refractivity contribution in [2.24, 2.45) is 5.73 Å². The molecule has 3 rings (SSSR count). The molecule has 1 aliphatic rings. The molecule has 0 aliphatic heterocycles. The highest BCUT2D eigenvalue weighted by Gasteiger charge is 2.10. The van der Waals surface area contributed by atoms with Crippen LogP contribution in [0.4, 0.5) is 0 Å². The van der Waals surface area contributed by atoms with Crippen molar-refractivity contribution in [3.63, 3.8) is 0 Å². The number of hydrogen-bond acceptors (Lipinski definition) is 1.